The SMILES string of the molecule is Cc1ccc(C=CC(=O)Nc2sc(C(=O)OC(C)C)c(C)c2C#N)cc1. The summed E-state index contributed by atoms with van der Waals surface area (Å²) in [6.45, 7) is 7.17. The number of anilines is 1. The Balaban J connectivity index is 2.18. The van der Waals surface area contributed by atoms with Crippen LogP contribution in [-0.2, 0) is 9.53 Å². The molecule has 1 heterocycles. The Morgan fingerprint density at radius 1 is 1.23 bits per heavy atom. The summed E-state index contributed by atoms with van der Waals surface area (Å²) >= 11 is 1.05. The van der Waals surface area contributed by atoms with Crippen molar-refractivity contribution in [2.45, 2.75) is 33.8 Å². The smallest absolute Gasteiger partial charge is 0.348 e. The lowest BCUT2D eigenvalue weighted by atomic mass is 10.1. The van der Waals surface area contributed by atoms with Crippen LogP contribution in [-0.4, -0.2) is 18.0 Å². The maximum absolute atomic E-state index is 12.2. The standard InChI is InChI=1S/C20H20N2O3S/c1-12(2)25-20(24)18-14(4)16(11-21)19(26-18)22-17(23)10-9-15-7-5-13(3)6-8-15/h5-10,12H,1-4H3,(H,22,23). The Kier molecular flexibility index (Phi) is 6.31. The first-order chi connectivity index (χ1) is 12.3. The topological polar surface area (TPSA) is 79.2 Å². The highest BCUT2D eigenvalue weighted by Gasteiger charge is 2.22. The molecular formula is C20H20N2O3S. The fourth-order valence-electron chi connectivity index (χ4n) is 2.20. The quantitative estimate of drug-likeness (QED) is 0.624. The lowest BCUT2D eigenvalue weighted by Crippen LogP contribution is -2.11. The number of esters is 1. The van der Waals surface area contributed by atoms with Gasteiger partial charge in [0.15, 0.2) is 0 Å². The second-order valence-corrected chi connectivity index (χ2v) is 7.08. The minimum Gasteiger partial charge on any atom is -0.459 e. The van der Waals surface area contributed by atoms with Crippen LogP contribution in [0.5, 0.6) is 0 Å². The number of nitrogens with zero attached hydrogens (tertiary/aromatic N) is 1. The molecule has 0 saturated heterocycles. The first-order valence-corrected chi connectivity index (χ1v) is 8.93. The van der Waals surface area contributed by atoms with E-state index in [2.05, 4.69) is 5.32 Å². The van der Waals surface area contributed by atoms with Crippen LogP contribution in [0.2, 0.25) is 0 Å². The van der Waals surface area contributed by atoms with Gasteiger partial charge in [-0.25, -0.2) is 4.79 Å². The highest BCUT2D eigenvalue weighted by atomic mass is 32.1. The molecule has 134 valence electrons. The number of nitrogens with one attached hydrogen (secondary N) is 1. The summed E-state index contributed by atoms with van der Waals surface area (Å²) in [6, 6.07) is 9.78. The fraction of sp³-hybridized carbons (Fsp3) is 0.250. The van der Waals surface area contributed by atoms with Gasteiger partial charge >= 0.3 is 5.97 Å². The number of rotatable bonds is 5. The van der Waals surface area contributed by atoms with Crippen molar-refractivity contribution >= 4 is 34.3 Å². The van der Waals surface area contributed by atoms with Crippen molar-refractivity contribution in [1.82, 2.24) is 0 Å². The maximum Gasteiger partial charge on any atom is 0.348 e. The van der Waals surface area contributed by atoms with Gasteiger partial charge in [0.05, 0.1) is 11.7 Å². The third kappa shape index (κ3) is 4.80. The van der Waals surface area contributed by atoms with Crippen molar-refractivity contribution in [3.8, 4) is 6.07 Å². The Labute approximate surface area is 156 Å². The average molecular weight is 368 g/mol. The lowest BCUT2D eigenvalue weighted by molar-refractivity contribution is -0.111. The van der Waals surface area contributed by atoms with Gasteiger partial charge in [0.25, 0.3) is 0 Å². The molecule has 0 aliphatic carbocycles. The minimum atomic E-state index is -0.491. The van der Waals surface area contributed by atoms with E-state index in [1.54, 1.807) is 26.8 Å². The molecule has 0 spiro atoms. The molecule has 2 rings (SSSR count). The number of nitriles is 1. The molecule has 1 amide bonds. The van der Waals surface area contributed by atoms with Gasteiger partial charge in [-0.1, -0.05) is 29.8 Å². The predicted octanol–water partition coefficient (Wildman–Crippen LogP) is 4.45. The molecule has 0 aliphatic rings. The lowest BCUT2D eigenvalue weighted by Gasteiger charge is -2.06. The monoisotopic (exact) mass is 368 g/mol. The molecule has 26 heavy (non-hydrogen) atoms. The van der Waals surface area contributed by atoms with Crippen molar-refractivity contribution in [2.75, 3.05) is 5.32 Å². The minimum absolute atomic E-state index is 0.259. The zero-order chi connectivity index (χ0) is 19.3. The molecular weight excluding hydrogens is 348 g/mol. The predicted molar refractivity (Wildman–Crippen MR) is 103 cm³/mol. The van der Waals surface area contributed by atoms with E-state index in [1.807, 2.05) is 37.3 Å². The van der Waals surface area contributed by atoms with E-state index < -0.39 is 5.97 Å². The van der Waals surface area contributed by atoms with Gasteiger partial charge in [-0.2, -0.15) is 5.26 Å². The Morgan fingerprint density at radius 3 is 2.46 bits per heavy atom. The molecule has 1 aromatic carbocycles. The number of amides is 1. The molecule has 0 fully saturated rings. The van der Waals surface area contributed by atoms with E-state index in [0.29, 0.717) is 15.4 Å². The summed E-state index contributed by atoms with van der Waals surface area (Å²) in [5.74, 6) is -0.859. The van der Waals surface area contributed by atoms with Gasteiger partial charge in [-0.15, -0.1) is 11.3 Å². The fourth-order valence-corrected chi connectivity index (χ4v) is 3.24. The largest absolute Gasteiger partial charge is 0.459 e. The molecule has 0 unspecified atom stereocenters. The molecule has 6 heteroatoms. The summed E-state index contributed by atoms with van der Waals surface area (Å²) in [4.78, 5) is 24.6. The van der Waals surface area contributed by atoms with Crippen LogP contribution in [0.15, 0.2) is 30.3 Å². The molecule has 0 saturated carbocycles. The second-order valence-electron chi connectivity index (χ2n) is 6.06. The summed E-state index contributed by atoms with van der Waals surface area (Å²) in [6.07, 6.45) is 2.83. The van der Waals surface area contributed by atoms with E-state index >= 15 is 0 Å². The van der Waals surface area contributed by atoms with Crippen molar-refractivity contribution in [2.24, 2.45) is 0 Å². The van der Waals surface area contributed by atoms with Crippen molar-refractivity contribution in [3.05, 3.63) is 57.5 Å². The van der Waals surface area contributed by atoms with E-state index in [9.17, 15) is 14.9 Å². The third-order valence-electron chi connectivity index (χ3n) is 3.53. The van der Waals surface area contributed by atoms with Gasteiger partial charge in [0.2, 0.25) is 5.91 Å². The summed E-state index contributed by atoms with van der Waals surface area (Å²) < 4.78 is 5.19. The number of benzene rings is 1. The van der Waals surface area contributed by atoms with E-state index in [0.717, 1.165) is 22.5 Å². The second kappa shape index (κ2) is 8.45. The van der Waals surface area contributed by atoms with Crippen LogP contribution in [0.1, 0.15) is 45.8 Å². The Bertz CT molecular complexity index is 887. The highest BCUT2D eigenvalue weighted by molar-refractivity contribution is 7.18. The van der Waals surface area contributed by atoms with E-state index in [4.69, 9.17) is 4.74 Å². The normalized spacial score (nSPS) is 10.8. The molecule has 2 aromatic rings. The van der Waals surface area contributed by atoms with Gasteiger partial charge in [0.1, 0.15) is 15.9 Å². The van der Waals surface area contributed by atoms with E-state index in [-0.39, 0.29) is 17.6 Å². The molecule has 1 N–H and O–H groups in total. The summed E-state index contributed by atoms with van der Waals surface area (Å²) in [5, 5.41) is 12.4. The number of hydrogen-bond acceptors (Lipinski definition) is 5. The third-order valence-corrected chi connectivity index (χ3v) is 4.72. The van der Waals surface area contributed by atoms with Crippen LogP contribution in [0.4, 0.5) is 5.00 Å². The molecule has 1 aromatic heterocycles. The van der Waals surface area contributed by atoms with Crippen LogP contribution >= 0.6 is 11.3 Å². The number of hydrogen-bond donors (Lipinski definition) is 1. The highest BCUT2D eigenvalue weighted by Crippen LogP contribution is 2.33. The zero-order valence-corrected chi connectivity index (χ0v) is 15.9. The molecule has 0 aliphatic heterocycles. The Morgan fingerprint density at radius 2 is 1.88 bits per heavy atom. The van der Waals surface area contributed by atoms with Gasteiger partial charge < -0.3 is 10.1 Å². The average Bonchev–Trinajstić information content (AvgIpc) is 2.89. The van der Waals surface area contributed by atoms with Gasteiger partial charge in [-0.05, 0) is 44.9 Å². The number of carbonyl (C=O) groups is 2. The van der Waals surface area contributed by atoms with Crippen LogP contribution in [0, 0.1) is 25.2 Å². The molecule has 0 atom stereocenters. The molecule has 0 bridgehead atoms. The first kappa shape index (κ1) is 19.4. The van der Waals surface area contributed by atoms with Gasteiger partial charge in [-0.3, -0.25) is 4.79 Å². The number of ether oxygens (including phenoxy) is 1. The maximum atomic E-state index is 12.2. The van der Waals surface area contributed by atoms with Crippen LogP contribution in [0.3, 0.4) is 0 Å². The Hall–Kier alpha value is -2.91. The van der Waals surface area contributed by atoms with Gasteiger partial charge in [0, 0.05) is 6.08 Å². The summed E-state index contributed by atoms with van der Waals surface area (Å²) in [7, 11) is 0. The van der Waals surface area contributed by atoms with Crippen LogP contribution in [0.25, 0.3) is 6.08 Å². The first-order valence-electron chi connectivity index (χ1n) is 8.12. The van der Waals surface area contributed by atoms with Crippen molar-refractivity contribution in [1.29, 1.82) is 5.26 Å². The molecule has 5 nitrogen and oxygen atoms in total. The summed E-state index contributed by atoms with van der Waals surface area (Å²) in [5.41, 5.74) is 2.83. The van der Waals surface area contributed by atoms with Crippen molar-refractivity contribution in [3.63, 3.8) is 0 Å². The van der Waals surface area contributed by atoms with Crippen LogP contribution < -0.4 is 5.32 Å². The van der Waals surface area contributed by atoms with Crippen molar-refractivity contribution < 1.29 is 14.3 Å². The molecule has 0 radical (unpaired) electrons. The zero-order valence-electron chi connectivity index (χ0n) is 15.1. The number of thiophene rings is 1. The number of aryl methyl sites for hydroxylation is 1. The number of carbonyl (C=O) groups excluding carboxylic acids is 2. The van der Waals surface area contributed by atoms with E-state index in [1.165, 1.54) is 6.08 Å².